The van der Waals surface area contributed by atoms with Crippen molar-refractivity contribution < 1.29 is 27.2 Å². The Morgan fingerprint density at radius 3 is 2.38 bits per heavy atom. The molecule has 50 valence electrons. The van der Waals surface area contributed by atoms with Crippen molar-refractivity contribution >= 4 is 21.8 Å². The molecule has 0 aromatic rings. The second-order valence-electron chi connectivity index (χ2n) is 1.90. The van der Waals surface area contributed by atoms with Crippen molar-refractivity contribution in [2.75, 3.05) is 0 Å². The molecule has 1 atom stereocenters. The molecule has 1 aliphatic carbocycles. The van der Waals surface area contributed by atoms with E-state index in [1.165, 1.54) is 0 Å². The number of carbonyl (C=O) groups excluding carboxylic acids is 1. The Hall–Kier alpha value is 0.930. The van der Waals surface area contributed by atoms with E-state index in [-0.39, 0.29) is 22.4 Å². The molecule has 0 heterocycles. The normalized spacial score (nSPS) is 27.6. The second-order valence-corrected chi connectivity index (χ2v) is 3.30. The summed E-state index contributed by atoms with van der Waals surface area (Å²) in [6.07, 6.45) is 2.65. The van der Waals surface area contributed by atoms with Gasteiger partial charge in [0.25, 0.3) is 0 Å². The first-order valence-electron chi connectivity index (χ1n) is 2.46. The third-order valence-electron chi connectivity index (χ3n) is 1.20. The van der Waals surface area contributed by atoms with Crippen molar-refractivity contribution in [2.45, 2.75) is 24.1 Å². The van der Waals surface area contributed by atoms with Crippen LogP contribution in [-0.2, 0) is 27.2 Å². The van der Waals surface area contributed by atoms with Crippen LogP contribution in [0.4, 0.5) is 0 Å². The van der Waals surface area contributed by atoms with Crippen molar-refractivity contribution in [3.05, 3.63) is 0 Å². The average Bonchev–Trinajstić information content (AvgIpc) is 1.87. The molecule has 0 aromatic heterocycles. The van der Waals surface area contributed by atoms with E-state index in [0.717, 1.165) is 19.3 Å². The largest absolute Gasteiger partial charge is 0 e. The minimum absolute atomic E-state index is 0. The Labute approximate surface area is 72.9 Å². The molecule has 1 fully saturated rings. The summed E-state index contributed by atoms with van der Waals surface area (Å²) >= 11 is 2.95. The van der Waals surface area contributed by atoms with Gasteiger partial charge in [0.1, 0.15) is 0 Å². The number of hydrogen-bond acceptors (Lipinski definition) is 1. The van der Waals surface area contributed by atoms with Gasteiger partial charge in [0, 0.05) is 22.4 Å². The van der Waals surface area contributed by atoms with Gasteiger partial charge >= 0.3 is 50.7 Å². The molecule has 3 heteroatoms. The van der Waals surface area contributed by atoms with E-state index >= 15 is 0 Å². The number of ketones is 1. The Bertz CT molecular complexity index is 94.4. The van der Waals surface area contributed by atoms with Gasteiger partial charge in [0.2, 0.25) is 0 Å². The van der Waals surface area contributed by atoms with Crippen LogP contribution in [0.5, 0.6) is 0 Å². The Balaban J connectivity index is 0.000000490. The summed E-state index contributed by atoms with van der Waals surface area (Å²) in [7, 11) is 0. The van der Waals surface area contributed by atoms with Crippen molar-refractivity contribution in [1.29, 1.82) is 0 Å². The van der Waals surface area contributed by atoms with E-state index in [4.69, 9.17) is 0 Å². The summed E-state index contributed by atoms with van der Waals surface area (Å²) < 4.78 is 0. The van der Waals surface area contributed by atoms with E-state index in [1.807, 2.05) is 0 Å². The minimum atomic E-state index is 0. The van der Waals surface area contributed by atoms with Crippen molar-refractivity contribution in [3.8, 4) is 0 Å². The summed E-state index contributed by atoms with van der Waals surface area (Å²) in [5, 5.41) is 0. The summed E-state index contributed by atoms with van der Waals surface area (Å²) in [5.41, 5.74) is 0. The smallest absolute Gasteiger partial charge is 0 e. The second kappa shape index (κ2) is 3.86. The van der Waals surface area contributed by atoms with Crippen LogP contribution in [0, 0.1) is 0 Å². The molecule has 2 radical (unpaired) electrons. The minimum Gasteiger partial charge on any atom is 0 e. The average molecular weight is 359 g/mol. The molecule has 0 bridgehead atoms. The molecule has 0 spiro atoms. The monoisotopic (exact) mass is 360 g/mol. The maximum absolute atomic E-state index is 10.4. The molecule has 1 aliphatic rings. The summed E-state index contributed by atoms with van der Waals surface area (Å²) in [4.78, 5) is 11.0. The van der Waals surface area contributed by atoms with Crippen LogP contribution in [0.1, 0.15) is 19.3 Å². The third-order valence-corrected chi connectivity index (χ3v) is 2.04. The van der Waals surface area contributed by atoms with Crippen LogP contribution < -0.4 is 0 Å². The van der Waals surface area contributed by atoms with Crippen molar-refractivity contribution in [2.24, 2.45) is 0 Å². The predicted molar refractivity (Wildman–Crippen MR) is 28.4 cm³/mol. The van der Waals surface area contributed by atoms with E-state index in [2.05, 4.69) is 16.0 Å². The van der Waals surface area contributed by atoms with Crippen molar-refractivity contribution in [1.82, 2.24) is 0 Å². The van der Waals surface area contributed by atoms with Gasteiger partial charge in [-0.05, 0) is 0 Å². The molecule has 1 unspecified atom stereocenters. The molecular formula is C5H7AuOSe. The van der Waals surface area contributed by atoms with Crippen LogP contribution in [-0.4, -0.2) is 21.8 Å². The maximum atomic E-state index is 10.4. The standard InChI is InChI=1S/C5H7OSe.Au/c6-4-1-2-5(7)3-4;/h5H,1-3H2;. The van der Waals surface area contributed by atoms with Gasteiger partial charge in [-0.1, -0.05) is 0 Å². The van der Waals surface area contributed by atoms with Gasteiger partial charge in [-0.2, -0.15) is 0 Å². The number of rotatable bonds is 0. The van der Waals surface area contributed by atoms with Gasteiger partial charge in [-0.15, -0.1) is 0 Å². The zero-order valence-electron chi connectivity index (χ0n) is 4.32. The van der Waals surface area contributed by atoms with Crippen LogP contribution in [0.15, 0.2) is 0 Å². The van der Waals surface area contributed by atoms with Gasteiger partial charge in [0.05, 0.1) is 0 Å². The van der Waals surface area contributed by atoms with Crippen molar-refractivity contribution in [3.63, 3.8) is 0 Å². The zero-order chi connectivity index (χ0) is 5.28. The fourth-order valence-corrected chi connectivity index (χ4v) is 1.42. The molecule has 8 heavy (non-hydrogen) atoms. The van der Waals surface area contributed by atoms with Gasteiger partial charge < -0.3 is 0 Å². The number of carbonyl (C=O) groups is 1. The van der Waals surface area contributed by atoms with Gasteiger partial charge in [-0.3, -0.25) is 0 Å². The SMILES string of the molecule is O=C1CCC([Se])C1.[Au]. The summed E-state index contributed by atoms with van der Waals surface area (Å²) in [6.45, 7) is 0. The summed E-state index contributed by atoms with van der Waals surface area (Å²) in [5.74, 6) is 0.420. The number of Topliss-reactive ketones (excluding diaryl/α,β-unsaturated/α-hetero) is 1. The first-order valence-corrected chi connectivity index (χ1v) is 3.45. The van der Waals surface area contributed by atoms with E-state index < -0.39 is 0 Å². The molecule has 1 saturated carbocycles. The first kappa shape index (κ1) is 8.93. The molecule has 0 aromatic carbocycles. The fourth-order valence-electron chi connectivity index (χ4n) is 0.780. The maximum Gasteiger partial charge on any atom is 0 e. The Morgan fingerprint density at radius 1 is 1.62 bits per heavy atom. The van der Waals surface area contributed by atoms with Crippen LogP contribution >= 0.6 is 0 Å². The number of hydrogen-bond donors (Lipinski definition) is 0. The Kier molecular flexibility index (Phi) is 4.31. The molecule has 0 N–H and O–H groups in total. The van der Waals surface area contributed by atoms with E-state index in [0.29, 0.717) is 10.6 Å². The van der Waals surface area contributed by atoms with E-state index in [9.17, 15) is 4.79 Å². The quantitative estimate of drug-likeness (QED) is 0.582. The van der Waals surface area contributed by atoms with Gasteiger partial charge in [0.15, 0.2) is 0 Å². The molecular weight excluding hydrogens is 352 g/mol. The third kappa shape index (κ3) is 2.47. The fraction of sp³-hybridized carbons (Fsp3) is 0.800. The molecule has 1 nitrogen and oxygen atoms in total. The molecule has 0 aliphatic heterocycles. The molecule has 0 amide bonds. The molecule has 0 saturated heterocycles. The van der Waals surface area contributed by atoms with Crippen LogP contribution in [0.25, 0.3) is 0 Å². The summed E-state index contributed by atoms with van der Waals surface area (Å²) in [6, 6.07) is 0. The van der Waals surface area contributed by atoms with Crippen LogP contribution in [0.2, 0.25) is 4.82 Å². The first-order chi connectivity index (χ1) is 3.29. The van der Waals surface area contributed by atoms with Gasteiger partial charge in [-0.25, -0.2) is 0 Å². The Morgan fingerprint density at radius 2 is 2.25 bits per heavy atom. The molecule has 1 rings (SSSR count). The van der Waals surface area contributed by atoms with E-state index in [1.54, 1.807) is 0 Å². The zero-order valence-corrected chi connectivity index (χ0v) is 8.20. The van der Waals surface area contributed by atoms with Crippen LogP contribution in [0.3, 0.4) is 0 Å². The predicted octanol–water partition coefficient (Wildman–Crippen LogP) is 0.694. The topological polar surface area (TPSA) is 17.1 Å².